The molecule has 2 atom stereocenters. The molecule has 1 saturated heterocycles. The molecule has 0 spiro atoms. The fourth-order valence-corrected chi connectivity index (χ4v) is 2.62. The van der Waals surface area contributed by atoms with Gasteiger partial charge in [-0.15, -0.1) is 0 Å². The topological polar surface area (TPSA) is 139 Å². The molecular weight excluding hydrogens is 358 g/mol. The molecule has 0 unspecified atom stereocenters. The predicted molar refractivity (Wildman–Crippen MR) is 94.9 cm³/mol. The number of imide groups is 1. The molecule has 154 valence electrons. The van der Waals surface area contributed by atoms with Crippen molar-refractivity contribution >= 4 is 24.1 Å². The van der Waals surface area contributed by atoms with Gasteiger partial charge < -0.3 is 20.3 Å². The van der Waals surface area contributed by atoms with Gasteiger partial charge in [-0.25, -0.2) is 19.3 Å². The van der Waals surface area contributed by atoms with Crippen LogP contribution in [0.25, 0.3) is 0 Å². The molecule has 1 rings (SSSR count). The van der Waals surface area contributed by atoms with Crippen molar-refractivity contribution in [3.8, 4) is 0 Å². The van der Waals surface area contributed by atoms with Crippen LogP contribution in [0, 0.1) is 0 Å². The van der Waals surface area contributed by atoms with Gasteiger partial charge in [0.25, 0.3) is 0 Å². The number of carboxylic acid groups (broad SMARTS) is 1. The number of carboxylic acids is 1. The fraction of sp³-hybridized carbons (Fsp3) is 0.765. The van der Waals surface area contributed by atoms with Gasteiger partial charge in [0.1, 0.15) is 17.2 Å². The first-order valence-corrected chi connectivity index (χ1v) is 8.64. The number of hydrogen-bond acceptors (Lipinski definition) is 7. The third-order valence-corrected chi connectivity index (χ3v) is 3.59. The number of nitrogens with two attached hydrogens (primary N) is 1. The van der Waals surface area contributed by atoms with Crippen molar-refractivity contribution in [2.45, 2.75) is 71.2 Å². The maximum atomic E-state index is 12.5. The maximum Gasteiger partial charge on any atom is 0.417 e. The Morgan fingerprint density at radius 3 is 2.00 bits per heavy atom. The van der Waals surface area contributed by atoms with E-state index in [1.807, 2.05) is 0 Å². The lowest BCUT2D eigenvalue weighted by atomic mass is 10.1. The van der Waals surface area contributed by atoms with Crippen molar-refractivity contribution in [3.05, 3.63) is 0 Å². The summed E-state index contributed by atoms with van der Waals surface area (Å²) >= 11 is 0. The van der Waals surface area contributed by atoms with Crippen LogP contribution in [0.15, 0.2) is 0 Å². The number of rotatable bonds is 3. The summed E-state index contributed by atoms with van der Waals surface area (Å²) in [5.74, 6) is -1.97. The molecule has 3 amide bonds. The van der Waals surface area contributed by atoms with Crippen LogP contribution in [0.1, 0.15) is 48.0 Å². The molecule has 0 aliphatic carbocycles. The summed E-state index contributed by atoms with van der Waals surface area (Å²) in [7, 11) is 0. The Bertz CT molecular complexity index is 607. The second-order valence-corrected chi connectivity index (χ2v) is 8.32. The van der Waals surface area contributed by atoms with Gasteiger partial charge in [-0.1, -0.05) is 0 Å². The largest absolute Gasteiger partial charge is 0.480 e. The Kier molecular flexibility index (Phi) is 6.82. The summed E-state index contributed by atoms with van der Waals surface area (Å²) < 4.78 is 10.5. The van der Waals surface area contributed by atoms with Gasteiger partial charge in [0.05, 0.1) is 12.6 Å². The van der Waals surface area contributed by atoms with Crippen LogP contribution < -0.4 is 5.73 Å². The molecule has 0 radical (unpaired) electrons. The zero-order valence-corrected chi connectivity index (χ0v) is 16.6. The van der Waals surface area contributed by atoms with E-state index < -0.39 is 53.9 Å². The molecule has 0 aromatic carbocycles. The van der Waals surface area contributed by atoms with Crippen molar-refractivity contribution in [2.24, 2.45) is 5.73 Å². The van der Waals surface area contributed by atoms with Crippen LogP contribution in [0.3, 0.4) is 0 Å². The quantitative estimate of drug-likeness (QED) is 0.735. The zero-order chi connectivity index (χ0) is 21.2. The second kappa shape index (κ2) is 8.12. The minimum atomic E-state index is -1.26. The highest BCUT2D eigenvalue weighted by Gasteiger charge is 2.46. The average Bonchev–Trinajstić information content (AvgIpc) is 2.88. The highest BCUT2D eigenvalue weighted by molar-refractivity contribution is 5.94. The second-order valence-electron chi connectivity index (χ2n) is 8.32. The van der Waals surface area contributed by atoms with Crippen molar-refractivity contribution < 1.29 is 33.8 Å². The third-order valence-electron chi connectivity index (χ3n) is 3.59. The van der Waals surface area contributed by atoms with Gasteiger partial charge in [0.15, 0.2) is 0 Å². The first-order chi connectivity index (χ1) is 12.2. The molecule has 0 aromatic rings. The molecule has 27 heavy (non-hydrogen) atoms. The lowest BCUT2D eigenvalue weighted by molar-refractivity contribution is -0.142. The van der Waals surface area contributed by atoms with Crippen molar-refractivity contribution in [3.63, 3.8) is 0 Å². The van der Waals surface area contributed by atoms with E-state index in [-0.39, 0.29) is 13.0 Å². The lowest BCUT2D eigenvalue weighted by Crippen LogP contribution is -2.50. The normalized spacial score (nSPS) is 20.2. The van der Waals surface area contributed by atoms with E-state index in [2.05, 4.69) is 0 Å². The number of likely N-dealkylation sites (tertiary alicyclic amines) is 1. The number of carbonyl (C=O) groups excluding carboxylic acids is 3. The summed E-state index contributed by atoms with van der Waals surface area (Å²) in [6, 6.07) is -2.12. The average molecular weight is 387 g/mol. The van der Waals surface area contributed by atoms with Crippen LogP contribution in [-0.2, 0) is 19.1 Å². The Morgan fingerprint density at radius 1 is 1.07 bits per heavy atom. The number of nitrogens with zero attached hydrogens (tertiary/aromatic N) is 2. The maximum absolute atomic E-state index is 12.5. The van der Waals surface area contributed by atoms with E-state index in [0.717, 1.165) is 9.80 Å². The monoisotopic (exact) mass is 387 g/mol. The number of amides is 3. The summed E-state index contributed by atoms with van der Waals surface area (Å²) in [5.41, 5.74) is 3.71. The Hall–Kier alpha value is -2.36. The number of hydrogen-bond donors (Lipinski definition) is 2. The van der Waals surface area contributed by atoms with Gasteiger partial charge in [-0.2, -0.15) is 0 Å². The Morgan fingerprint density at radius 2 is 1.59 bits per heavy atom. The molecule has 0 aromatic heterocycles. The van der Waals surface area contributed by atoms with Crippen molar-refractivity contribution in [1.82, 2.24) is 9.80 Å². The molecule has 1 aliphatic rings. The van der Waals surface area contributed by atoms with E-state index in [4.69, 9.17) is 15.2 Å². The number of aliphatic carboxylic acids is 1. The van der Waals surface area contributed by atoms with Crippen molar-refractivity contribution in [2.75, 3.05) is 13.1 Å². The highest BCUT2D eigenvalue weighted by Crippen LogP contribution is 2.26. The van der Waals surface area contributed by atoms with Gasteiger partial charge in [-0.05, 0) is 41.5 Å². The molecule has 3 N–H and O–H groups in total. The Labute approximate surface area is 158 Å². The van der Waals surface area contributed by atoms with Crippen LogP contribution in [0.2, 0.25) is 0 Å². The van der Waals surface area contributed by atoms with E-state index in [1.54, 1.807) is 41.5 Å². The van der Waals surface area contributed by atoms with E-state index in [1.165, 1.54) is 0 Å². The predicted octanol–water partition coefficient (Wildman–Crippen LogP) is 1.17. The van der Waals surface area contributed by atoms with Crippen LogP contribution in [0.4, 0.5) is 9.59 Å². The van der Waals surface area contributed by atoms with Crippen molar-refractivity contribution in [1.29, 1.82) is 0 Å². The molecule has 0 saturated carbocycles. The Balaban J connectivity index is 3.11. The highest BCUT2D eigenvalue weighted by atomic mass is 16.6. The first kappa shape index (κ1) is 22.7. The summed E-state index contributed by atoms with van der Waals surface area (Å²) in [6.45, 7) is 9.22. The van der Waals surface area contributed by atoms with Gasteiger partial charge in [0, 0.05) is 13.0 Å². The van der Waals surface area contributed by atoms with Gasteiger partial charge in [0.2, 0.25) is 5.91 Å². The first-order valence-electron chi connectivity index (χ1n) is 8.64. The third kappa shape index (κ3) is 6.38. The molecule has 0 bridgehead atoms. The summed E-state index contributed by atoms with van der Waals surface area (Å²) in [5, 5.41) is 9.46. The molecule has 10 heteroatoms. The number of carbonyl (C=O) groups is 4. The molecule has 1 fully saturated rings. The lowest BCUT2D eigenvalue weighted by Gasteiger charge is -2.30. The van der Waals surface area contributed by atoms with Crippen LogP contribution >= 0.6 is 0 Å². The zero-order valence-electron chi connectivity index (χ0n) is 16.6. The molecular formula is C17H29N3O7. The van der Waals surface area contributed by atoms with Crippen LogP contribution in [0.5, 0.6) is 0 Å². The molecule has 10 nitrogen and oxygen atoms in total. The summed E-state index contributed by atoms with van der Waals surface area (Å²) in [6.07, 6.45) is -1.90. The minimum Gasteiger partial charge on any atom is -0.480 e. The molecule has 1 aliphatic heterocycles. The standard InChI is InChI=1S/C17H29N3O7/c1-16(2,3)26-14(24)19-9-10(7-11(19)13(22)23)20(12(21)8-18)15(25)27-17(4,5)6/h10-11H,7-9,18H2,1-6H3,(H,22,23)/t10-,11+/m1/s1. The smallest absolute Gasteiger partial charge is 0.417 e. The minimum absolute atomic E-state index is 0.139. The van der Waals surface area contributed by atoms with Crippen LogP contribution in [-0.4, -0.2) is 75.3 Å². The number of ether oxygens (including phenoxy) is 2. The molecule has 1 heterocycles. The summed E-state index contributed by atoms with van der Waals surface area (Å²) in [4.78, 5) is 50.5. The fourth-order valence-electron chi connectivity index (χ4n) is 2.62. The van der Waals surface area contributed by atoms with Gasteiger partial charge >= 0.3 is 18.2 Å². The van der Waals surface area contributed by atoms with E-state index in [9.17, 15) is 24.3 Å². The van der Waals surface area contributed by atoms with E-state index in [0.29, 0.717) is 0 Å². The van der Waals surface area contributed by atoms with Gasteiger partial charge in [-0.3, -0.25) is 9.69 Å². The SMILES string of the molecule is CC(C)(C)OC(=O)N1C[C@H](N(C(=O)CN)C(=O)OC(C)(C)C)C[C@H]1C(=O)O. The van der Waals surface area contributed by atoms with E-state index >= 15 is 0 Å².